The summed E-state index contributed by atoms with van der Waals surface area (Å²) in [5.41, 5.74) is 2.01. The molecule has 194 valence electrons. The lowest BCUT2D eigenvalue weighted by Gasteiger charge is -2.32. The number of likely N-dealkylation sites (tertiary alicyclic amines) is 1. The predicted molar refractivity (Wildman–Crippen MR) is 135 cm³/mol. The molecule has 0 spiro atoms. The van der Waals surface area contributed by atoms with Crippen molar-refractivity contribution in [1.82, 2.24) is 9.88 Å². The van der Waals surface area contributed by atoms with E-state index in [0.29, 0.717) is 50.9 Å². The van der Waals surface area contributed by atoms with Crippen LogP contribution in [-0.2, 0) is 19.4 Å². The van der Waals surface area contributed by atoms with Crippen molar-refractivity contribution in [2.75, 3.05) is 63.0 Å². The monoisotopic (exact) mass is 516 g/mol. The smallest absolute Gasteiger partial charge is 0.225 e. The number of pyridine rings is 1. The number of hydrogen-bond donors (Lipinski definition) is 1. The van der Waals surface area contributed by atoms with Gasteiger partial charge in [-0.3, -0.25) is 4.79 Å². The van der Waals surface area contributed by atoms with Crippen LogP contribution >= 0.6 is 0 Å². The van der Waals surface area contributed by atoms with Crippen LogP contribution in [0.4, 0.5) is 17.1 Å². The summed E-state index contributed by atoms with van der Waals surface area (Å²) in [5.74, 6) is 1.68. The first-order valence-electron chi connectivity index (χ1n) is 12.3. The maximum Gasteiger partial charge on any atom is 0.225 e. The van der Waals surface area contributed by atoms with E-state index in [1.165, 1.54) is 0 Å². The molecule has 2 saturated heterocycles. The summed E-state index contributed by atoms with van der Waals surface area (Å²) in [6.45, 7) is 3.65. The number of benzene rings is 1. The number of nitrogens with one attached hydrogen (secondary N) is 1. The number of fused-ring (bicyclic) bond motifs is 1. The van der Waals surface area contributed by atoms with Gasteiger partial charge in [0.25, 0.3) is 0 Å². The summed E-state index contributed by atoms with van der Waals surface area (Å²) in [4.78, 5) is 21.1. The lowest BCUT2D eigenvalue weighted by Crippen LogP contribution is -2.38. The lowest BCUT2D eigenvalue weighted by atomic mass is 9.99. The van der Waals surface area contributed by atoms with Gasteiger partial charge in [-0.25, -0.2) is 13.4 Å². The minimum absolute atomic E-state index is 0.0143. The molecule has 1 aromatic heterocycles. The number of aromatic nitrogens is 1. The molecule has 36 heavy (non-hydrogen) atoms. The Labute approximate surface area is 211 Å². The summed E-state index contributed by atoms with van der Waals surface area (Å²) in [7, 11) is -1.79. The predicted octanol–water partition coefficient (Wildman–Crippen LogP) is 2.46. The van der Waals surface area contributed by atoms with Crippen molar-refractivity contribution in [3.05, 3.63) is 30.5 Å². The first-order valence-corrected chi connectivity index (χ1v) is 14.2. The number of carbonyl (C=O) groups is 1. The number of hydrogen-bond acceptors (Lipinski definition) is 9. The van der Waals surface area contributed by atoms with Crippen molar-refractivity contribution in [3.63, 3.8) is 0 Å². The molecule has 1 amide bonds. The molecule has 4 heterocycles. The van der Waals surface area contributed by atoms with Crippen LogP contribution in [0.5, 0.6) is 11.5 Å². The van der Waals surface area contributed by atoms with Crippen molar-refractivity contribution in [2.24, 2.45) is 5.92 Å². The van der Waals surface area contributed by atoms with Crippen molar-refractivity contribution in [2.45, 2.75) is 30.4 Å². The molecule has 1 aromatic carbocycles. The SMILES string of the molecule is CNc1cc(N2CCOc3ccc(OC4CCN(C(=O)C5CCOCC5)C4)cc32)cnc1S(C)(=O)=O. The Hall–Kier alpha value is -3.05. The highest BCUT2D eigenvalue weighted by molar-refractivity contribution is 7.90. The van der Waals surface area contributed by atoms with Crippen LogP contribution in [0, 0.1) is 5.92 Å². The second-order valence-corrected chi connectivity index (χ2v) is 11.3. The van der Waals surface area contributed by atoms with Gasteiger partial charge in [-0.15, -0.1) is 0 Å². The summed E-state index contributed by atoms with van der Waals surface area (Å²) in [6.07, 6.45) is 5.00. The average molecular weight is 517 g/mol. The zero-order valence-corrected chi connectivity index (χ0v) is 21.4. The van der Waals surface area contributed by atoms with Crippen LogP contribution in [0.1, 0.15) is 19.3 Å². The fourth-order valence-electron chi connectivity index (χ4n) is 5.02. The van der Waals surface area contributed by atoms with Gasteiger partial charge in [0.15, 0.2) is 14.9 Å². The molecule has 1 unspecified atom stereocenters. The van der Waals surface area contributed by atoms with E-state index in [2.05, 4.69) is 10.3 Å². The van der Waals surface area contributed by atoms with Gasteiger partial charge in [-0.2, -0.15) is 0 Å². The third kappa shape index (κ3) is 5.08. The number of carbonyl (C=O) groups excluding carboxylic acids is 1. The van der Waals surface area contributed by atoms with E-state index in [1.54, 1.807) is 19.3 Å². The largest absolute Gasteiger partial charge is 0.490 e. The van der Waals surface area contributed by atoms with Gasteiger partial charge in [0.05, 0.1) is 36.3 Å². The van der Waals surface area contributed by atoms with Gasteiger partial charge in [0, 0.05) is 51.5 Å². The number of rotatable bonds is 6. The van der Waals surface area contributed by atoms with E-state index in [-0.39, 0.29) is 23.0 Å². The summed E-state index contributed by atoms with van der Waals surface area (Å²) in [5, 5.41) is 2.95. The number of amides is 1. The summed E-state index contributed by atoms with van der Waals surface area (Å²) >= 11 is 0. The van der Waals surface area contributed by atoms with Gasteiger partial charge >= 0.3 is 0 Å². The standard InChI is InChI=1S/C25H32N4O6S/c1-26-21-13-18(15-27-24(21)36(2,31)32)29-9-12-34-23-4-3-19(14-22(23)29)35-20-5-8-28(16-20)25(30)17-6-10-33-11-7-17/h3-4,13-15,17,20,26H,5-12,16H2,1-2H3. The van der Waals surface area contributed by atoms with E-state index in [1.807, 2.05) is 28.0 Å². The van der Waals surface area contributed by atoms with Crippen molar-refractivity contribution in [1.29, 1.82) is 0 Å². The molecule has 0 radical (unpaired) electrons. The van der Waals surface area contributed by atoms with E-state index in [4.69, 9.17) is 14.2 Å². The molecule has 1 atom stereocenters. The Balaban J connectivity index is 1.32. The Kier molecular flexibility index (Phi) is 6.94. The number of ether oxygens (including phenoxy) is 3. The molecule has 1 N–H and O–H groups in total. The number of nitrogens with zero attached hydrogens (tertiary/aromatic N) is 3. The Morgan fingerprint density at radius 2 is 1.94 bits per heavy atom. The van der Waals surface area contributed by atoms with Gasteiger partial charge in [0.1, 0.15) is 24.2 Å². The van der Waals surface area contributed by atoms with Crippen LogP contribution in [0.3, 0.4) is 0 Å². The van der Waals surface area contributed by atoms with Crippen LogP contribution in [-0.4, -0.2) is 83.1 Å². The topological polar surface area (TPSA) is 110 Å². The first-order chi connectivity index (χ1) is 17.3. The number of sulfone groups is 1. The molecule has 5 rings (SSSR count). The normalized spacial score (nSPS) is 20.6. The maximum atomic E-state index is 12.9. The second kappa shape index (κ2) is 10.1. The van der Waals surface area contributed by atoms with Crippen LogP contribution < -0.4 is 19.7 Å². The fraction of sp³-hybridized carbons (Fsp3) is 0.520. The van der Waals surface area contributed by atoms with Crippen molar-refractivity contribution >= 4 is 32.8 Å². The highest BCUT2D eigenvalue weighted by atomic mass is 32.2. The van der Waals surface area contributed by atoms with E-state index in [9.17, 15) is 13.2 Å². The first kappa shape index (κ1) is 24.6. The van der Waals surface area contributed by atoms with Gasteiger partial charge in [-0.1, -0.05) is 0 Å². The Morgan fingerprint density at radius 3 is 2.69 bits per heavy atom. The van der Waals surface area contributed by atoms with Crippen LogP contribution in [0.2, 0.25) is 0 Å². The molecule has 11 heteroatoms. The number of anilines is 3. The molecule has 0 aliphatic carbocycles. The Bertz CT molecular complexity index is 1230. The molecule has 2 fully saturated rings. The lowest BCUT2D eigenvalue weighted by molar-refractivity contribution is -0.137. The summed E-state index contributed by atoms with van der Waals surface area (Å²) < 4.78 is 41.7. The minimum Gasteiger partial charge on any atom is -0.490 e. The van der Waals surface area contributed by atoms with Crippen molar-refractivity contribution < 1.29 is 27.4 Å². The quantitative estimate of drug-likeness (QED) is 0.619. The molecular weight excluding hydrogens is 484 g/mol. The van der Waals surface area contributed by atoms with Crippen LogP contribution in [0.15, 0.2) is 35.5 Å². The Morgan fingerprint density at radius 1 is 1.14 bits per heavy atom. The van der Waals surface area contributed by atoms with Crippen molar-refractivity contribution in [3.8, 4) is 11.5 Å². The average Bonchev–Trinajstić information content (AvgIpc) is 3.36. The minimum atomic E-state index is -3.46. The van der Waals surface area contributed by atoms with E-state index in [0.717, 1.165) is 42.6 Å². The molecule has 0 saturated carbocycles. The fourth-order valence-corrected chi connectivity index (χ4v) is 5.83. The van der Waals surface area contributed by atoms with E-state index < -0.39 is 9.84 Å². The van der Waals surface area contributed by atoms with Crippen LogP contribution in [0.25, 0.3) is 0 Å². The molecule has 3 aliphatic heterocycles. The molecule has 2 aromatic rings. The zero-order valence-electron chi connectivity index (χ0n) is 20.6. The highest BCUT2D eigenvalue weighted by Crippen LogP contribution is 2.40. The van der Waals surface area contributed by atoms with E-state index >= 15 is 0 Å². The molecule has 0 bridgehead atoms. The third-order valence-corrected chi connectivity index (χ3v) is 7.92. The maximum absolute atomic E-state index is 12.9. The second-order valence-electron chi connectivity index (χ2n) is 9.40. The van der Waals surface area contributed by atoms with Gasteiger partial charge in [-0.05, 0) is 31.0 Å². The van der Waals surface area contributed by atoms with Gasteiger partial charge < -0.3 is 29.3 Å². The molecule has 3 aliphatic rings. The third-order valence-electron chi connectivity index (χ3n) is 6.89. The zero-order chi connectivity index (χ0) is 25.3. The highest BCUT2D eigenvalue weighted by Gasteiger charge is 2.33. The summed E-state index contributed by atoms with van der Waals surface area (Å²) in [6, 6.07) is 7.48. The molecular formula is C25H32N4O6S. The molecule has 10 nitrogen and oxygen atoms in total. The van der Waals surface area contributed by atoms with Gasteiger partial charge in [0.2, 0.25) is 5.91 Å².